The van der Waals surface area contributed by atoms with E-state index in [1.165, 1.54) is 38.5 Å². The highest BCUT2D eigenvalue weighted by molar-refractivity contribution is 5.84. The molecule has 134 valence electrons. The monoisotopic (exact) mass is 332 g/mol. The summed E-state index contributed by atoms with van der Waals surface area (Å²) in [5, 5.41) is 18.8. The van der Waals surface area contributed by atoms with Crippen molar-refractivity contribution < 1.29 is 15.0 Å². The molecule has 0 aromatic heterocycles. The molecule has 3 nitrogen and oxygen atoms in total. The predicted molar refractivity (Wildman–Crippen MR) is 93.0 cm³/mol. The van der Waals surface area contributed by atoms with Crippen LogP contribution in [0.2, 0.25) is 0 Å². The molecule has 4 aliphatic rings. The van der Waals surface area contributed by atoms with Gasteiger partial charge in [0.05, 0.1) is 0 Å². The summed E-state index contributed by atoms with van der Waals surface area (Å²) in [6.45, 7) is 4.77. The van der Waals surface area contributed by atoms with Gasteiger partial charge in [-0.15, -0.1) is 0 Å². The Morgan fingerprint density at radius 3 is 2.67 bits per heavy atom. The summed E-state index contributed by atoms with van der Waals surface area (Å²) in [5.74, 6) is 1.59. The van der Waals surface area contributed by atoms with Gasteiger partial charge >= 0.3 is 0 Å². The molecule has 2 N–H and O–H groups in total. The fourth-order valence-electron chi connectivity index (χ4n) is 7.40. The number of carbonyl (C=O) groups is 1. The molecule has 24 heavy (non-hydrogen) atoms. The van der Waals surface area contributed by atoms with E-state index in [-0.39, 0.29) is 17.1 Å². The lowest BCUT2D eigenvalue weighted by Gasteiger charge is -2.58. The number of ketones is 1. The van der Waals surface area contributed by atoms with Crippen LogP contribution in [0.4, 0.5) is 0 Å². The Morgan fingerprint density at radius 1 is 1.12 bits per heavy atom. The first kappa shape index (κ1) is 16.8. The minimum absolute atomic E-state index is 0.0196. The van der Waals surface area contributed by atoms with Crippen LogP contribution in [-0.4, -0.2) is 22.3 Å². The van der Waals surface area contributed by atoms with Gasteiger partial charge in [0.2, 0.25) is 6.29 Å². The Balaban J connectivity index is 1.63. The maximum Gasteiger partial charge on any atom is 0.213 e. The van der Waals surface area contributed by atoms with E-state index in [4.69, 9.17) is 0 Å². The van der Waals surface area contributed by atoms with Gasteiger partial charge in [-0.1, -0.05) is 25.5 Å². The molecule has 4 aliphatic carbocycles. The summed E-state index contributed by atoms with van der Waals surface area (Å²) < 4.78 is 0. The Morgan fingerprint density at radius 2 is 1.92 bits per heavy atom. The van der Waals surface area contributed by atoms with Gasteiger partial charge in [-0.3, -0.25) is 4.79 Å². The Bertz CT molecular complexity index is 565. The van der Waals surface area contributed by atoms with Crippen LogP contribution in [0.15, 0.2) is 11.6 Å². The first-order valence-corrected chi connectivity index (χ1v) is 9.97. The lowest BCUT2D eigenvalue weighted by Crippen LogP contribution is -2.51. The molecule has 0 bridgehead atoms. The quantitative estimate of drug-likeness (QED) is 0.597. The third-order valence-corrected chi connectivity index (χ3v) is 8.62. The molecule has 6 atom stereocenters. The molecule has 0 aromatic rings. The molecule has 0 aromatic carbocycles. The van der Waals surface area contributed by atoms with Crippen LogP contribution in [0.1, 0.15) is 71.6 Å². The third-order valence-electron chi connectivity index (χ3n) is 8.62. The van der Waals surface area contributed by atoms with E-state index < -0.39 is 6.29 Å². The van der Waals surface area contributed by atoms with Gasteiger partial charge in [-0.2, -0.15) is 0 Å². The highest BCUT2D eigenvalue weighted by atomic mass is 16.5. The number of aliphatic hydroxyl groups is 2. The topological polar surface area (TPSA) is 57.5 Å². The molecule has 0 aliphatic heterocycles. The maximum atomic E-state index is 12.3. The minimum Gasteiger partial charge on any atom is -0.362 e. The molecule has 0 heterocycles. The summed E-state index contributed by atoms with van der Waals surface area (Å²) in [4.78, 5) is 12.3. The van der Waals surface area contributed by atoms with E-state index in [2.05, 4.69) is 19.9 Å². The smallest absolute Gasteiger partial charge is 0.213 e. The second-order valence-electron chi connectivity index (χ2n) is 9.41. The van der Waals surface area contributed by atoms with Gasteiger partial charge in [-0.25, -0.2) is 0 Å². The molecule has 0 radical (unpaired) electrons. The average Bonchev–Trinajstić information content (AvgIpc) is 2.90. The Hall–Kier alpha value is -0.670. The van der Waals surface area contributed by atoms with Gasteiger partial charge in [-0.05, 0) is 86.4 Å². The van der Waals surface area contributed by atoms with Crippen LogP contribution in [0, 0.1) is 34.5 Å². The van der Waals surface area contributed by atoms with Crippen molar-refractivity contribution in [3.05, 3.63) is 11.6 Å². The van der Waals surface area contributed by atoms with Crippen molar-refractivity contribution in [1.82, 2.24) is 0 Å². The van der Waals surface area contributed by atoms with E-state index >= 15 is 0 Å². The van der Waals surface area contributed by atoms with Gasteiger partial charge < -0.3 is 10.2 Å². The summed E-state index contributed by atoms with van der Waals surface area (Å²) in [6, 6.07) is 0. The average molecular weight is 332 g/mol. The number of hydrogen-bond acceptors (Lipinski definition) is 3. The zero-order chi connectivity index (χ0) is 17.1. The largest absolute Gasteiger partial charge is 0.362 e. The highest BCUT2D eigenvalue weighted by Crippen LogP contribution is 2.66. The van der Waals surface area contributed by atoms with Crippen molar-refractivity contribution in [2.75, 3.05) is 0 Å². The first-order valence-electron chi connectivity index (χ1n) is 9.97. The van der Waals surface area contributed by atoms with E-state index in [1.54, 1.807) is 5.57 Å². The Kier molecular flexibility index (Phi) is 3.96. The molecule has 3 heteroatoms. The normalized spacial score (nSPS) is 47.6. The van der Waals surface area contributed by atoms with Gasteiger partial charge in [0.25, 0.3) is 0 Å². The van der Waals surface area contributed by atoms with Crippen molar-refractivity contribution in [1.29, 1.82) is 0 Å². The molecule has 0 unspecified atom stereocenters. The lowest BCUT2D eigenvalue weighted by molar-refractivity contribution is -0.156. The second-order valence-corrected chi connectivity index (χ2v) is 9.41. The fraction of sp³-hybridized carbons (Fsp3) is 0.857. The zero-order valence-electron chi connectivity index (χ0n) is 15.1. The fourth-order valence-corrected chi connectivity index (χ4v) is 7.40. The van der Waals surface area contributed by atoms with Crippen LogP contribution in [0.25, 0.3) is 0 Å². The van der Waals surface area contributed by atoms with E-state index in [1.807, 2.05) is 0 Å². The summed E-state index contributed by atoms with van der Waals surface area (Å²) in [7, 11) is 0. The zero-order valence-corrected chi connectivity index (χ0v) is 15.1. The molecule has 3 fully saturated rings. The molecular weight excluding hydrogens is 300 g/mol. The molecule has 3 saturated carbocycles. The standard InChI is InChI=1S/C21H32O3/c1-20-11-4-3-5-13(20)6-7-14-15-8-9-17(18(22)19(23)24)21(15,2)12-10-16(14)20/h5,14-17,19,23-24H,3-4,6-12H2,1-2H3/t14-,15-,16-,17+,20-,21-/m0/s1. The van der Waals surface area contributed by atoms with Crippen molar-refractivity contribution in [2.24, 2.45) is 34.5 Å². The number of rotatable bonds is 2. The number of Topliss-reactive ketones (excluding diaryl/α,β-unsaturated/α-hetero) is 1. The van der Waals surface area contributed by atoms with Gasteiger partial charge in [0.15, 0.2) is 5.78 Å². The molecule has 0 spiro atoms. The second kappa shape index (κ2) is 5.67. The lowest BCUT2D eigenvalue weighted by atomic mass is 9.47. The third kappa shape index (κ3) is 2.20. The molecule has 0 amide bonds. The first-order chi connectivity index (χ1) is 11.4. The van der Waals surface area contributed by atoms with E-state index in [0.717, 1.165) is 31.1 Å². The van der Waals surface area contributed by atoms with Crippen molar-refractivity contribution in [3.63, 3.8) is 0 Å². The van der Waals surface area contributed by atoms with E-state index in [9.17, 15) is 15.0 Å². The Labute approximate surface area is 145 Å². The molecule has 4 rings (SSSR count). The number of carbonyl (C=O) groups excluding carboxylic acids is 1. The summed E-state index contributed by atoms with van der Waals surface area (Å²) >= 11 is 0. The molecule has 0 saturated heterocycles. The van der Waals surface area contributed by atoms with Crippen LogP contribution in [-0.2, 0) is 4.79 Å². The maximum absolute atomic E-state index is 12.3. The van der Waals surface area contributed by atoms with Crippen molar-refractivity contribution in [2.45, 2.75) is 77.9 Å². The van der Waals surface area contributed by atoms with Gasteiger partial charge in [0, 0.05) is 5.92 Å². The van der Waals surface area contributed by atoms with Crippen LogP contribution in [0.3, 0.4) is 0 Å². The van der Waals surface area contributed by atoms with E-state index in [0.29, 0.717) is 11.3 Å². The van der Waals surface area contributed by atoms with Crippen LogP contribution >= 0.6 is 0 Å². The van der Waals surface area contributed by atoms with Crippen LogP contribution < -0.4 is 0 Å². The van der Waals surface area contributed by atoms with Crippen molar-refractivity contribution >= 4 is 5.78 Å². The minimum atomic E-state index is -1.79. The van der Waals surface area contributed by atoms with Crippen molar-refractivity contribution in [3.8, 4) is 0 Å². The number of aliphatic hydroxyl groups excluding tert-OH is 1. The van der Waals surface area contributed by atoms with Gasteiger partial charge in [0.1, 0.15) is 0 Å². The number of allylic oxidation sites excluding steroid dienone is 2. The summed E-state index contributed by atoms with van der Waals surface area (Å²) in [6.07, 6.45) is 11.4. The molecular formula is C21H32O3. The number of fused-ring (bicyclic) bond motifs is 5. The predicted octanol–water partition coefficient (Wildman–Crippen LogP) is 3.84. The number of hydrogen-bond donors (Lipinski definition) is 2. The highest BCUT2D eigenvalue weighted by Gasteiger charge is 2.60. The van der Waals surface area contributed by atoms with Crippen LogP contribution in [0.5, 0.6) is 0 Å². The SMILES string of the molecule is C[C@]12CC[C@H]3[C@@H](CCC4=CCCC[C@@]43C)[C@@H]1CC[C@@H]2C(=O)C(O)O. The summed E-state index contributed by atoms with van der Waals surface area (Å²) in [5.41, 5.74) is 2.09.